The first-order valence-corrected chi connectivity index (χ1v) is 21.8. The van der Waals surface area contributed by atoms with Gasteiger partial charge in [0.2, 0.25) is 19.7 Å². The molecule has 14 nitrogen and oxygen atoms in total. The molecule has 0 atom stereocenters. The van der Waals surface area contributed by atoms with Gasteiger partial charge in [-0.3, -0.25) is 14.4 Å². The van der Waals surface area contributed by atoms with Crippen LogP contribution in [-0.2, 0) is 34.0 Å². The number of hydrogen-bond acceptors (Lipinski definition) is 12. The minimum absolute atomic E-state index is 0.0395. The van der Waals surface area contributed by atoms with Crippen LogP contribution in [0, 0.1) is 6.92 Å². The molecule has 7 aromatic rings. The molecule has 0 saturated heterocycles. The molecule has 0 radical (unpaired) electrons. The van der Waals surface area contributed by atoms with Crippen molar-refractivity contribution < 1.29 is 38.9 Å². The molecule has 2 heterocycles. The van der Waals surface area contributed by atoms with Gasteiger partial charge >= 0.3 is 0 Å². The quantitative estimate of drug-likeness (QED) is 0.0823. The topological polar surface area (TPSA) is 199 Å². The molecule has 0 bridgehead atoms. The largest absolute Gasteiger partial charge is 0.492 e. The van der Waals surface area contributed by atoms with Gasteiger partial charge in [-0.15, -0.1) is 0 Å². The van der Waals surface area contributed by atoms with Crippen LogP contribution in [0.1, 0.15) is 12.5 Å². The standard InChI is InChI=1S/C22H20N2O6S2.C17H19N3O3S/c1-16-7-10-19(11-8-16)32(27,28)30-14-13-29-17-9-12-21-20(15-17)22(24-23-21)31(25,26)18-5-3-2-4-6-18;1-2-18-10-11-23-13-8-9-16-15(12-13)17(20-19-16)24(21,22)14-6-4-3-5-7-14/h2-12,15H,13-14H2,1H3,(H,23,24);3-9,12,18H,2,10-11H2,1H3,(H,19,20). The number of H-pyrrole nitrogens is 2. The molecule has 0 aliphatic carbocycles. The molecule has 2 aromatic heterocycles. The van der Waals surface area contributed by atoms with Crippen LogP contribution in [-0.4, -0.2) is 78.6 Å². The number of ether oxygens (including phenoxy) is 2. The highest BCUT2D eigenvalue weighted by molar-refractivity contribution is 7.92. The van der Waals surface area contributed by atoms with E-state index in [-0.39, 0.29) is 38.0 Å². The highest BCUT2D eigenvalue weighted by atomic mass is 32.2. The van der Waals surface area contributed by atoms with Crippen LogP contribution in [0.5, 0.6) is 11.5 Å². The Balaban J connectivity index is 0.000000198. The van der Waals surface area contributed by atoms with Crippen molar-refractivity contribution in [3.05, 3.63) is 127 Å². The maximum Gasteiger partial charge on any atom is 0.297 e. The molecule has 0 amide bonds. The van der Waals surface area contributed by atoms with E-state index in [4.69, 9.17) is 13.7 Å². The third kappa shape index (κ3) is 9.26. The molecular formula is C39H39N5O9S3. The fraction of sp³-hybridized carbons (Fsp3) is 0.179. The van der Waals surface area contributed by atoms with E-state index < -0.39 is 29.8 Å². The van der Waals surface area contributed by atoms with Crippen molar-refractivity contribution in [1.29, 1.82) is 0 Å². The Morgan fingerprint density at radius 2 is 1.05 bits per heavy atom. The second-order valence-corrected chi connectivity index (χ2v) is 17.6. The maximum absolute atomic E-state index is 12.9. The molecule has 0 aliphatic rings. The van der Waals surface area contributed by atoms with Crippen molar-refractivity contribution in [3.8, 4) is 11.5 Å². The molecular weight excluding hydrogens is 779 g/mol. The number of fused-ring (bicyclic) bond motifs is 2. The molecule has 292 valence electrons. The van der Waals surface area contributed by atoms with Crippen LogP contribution in [0.3, 0.4) is 0 Å². The zero-order valence-electron chi connectivity index (χ0n) is 30.4. The number of hydrogen-bond donors (Lipinski definition) is 3. The third-order valence-corrected chi connectivity index (χ3v) is 13.1. The molecule has 0 unspecified atom stereocenters. The molecule has 0 aliphatic heterocycles. The second-order valence-electron chi connectivity index (χ2n) is 12.2. The van der Waals surface area contributed by atoms with Crippen LogP contribution in [0.15, 0.2) is 146 Å². The Morgan fingerprint density at radius 3 is 1.54 bits per heavy atom. The van der Waals surface area contributed by atoms with Gasteiger partial charge in [-0.2, -0.15) is 18.6 Å². The molecule has 0 fully saturated rings. The lowest BCUT2D eigenvalue weighted by Gasteiger charge is -2.08. The first-order valence-electron chi connectivity index (χ1n) is 17.4. The third-order valence-electron chi connectivity index (χ3n) is 8.32. The minimum atomic E-state index is -3.89. The summed E-state index contributed by atoms with van der Waals surface area (Å²) < 4.78 is 92.2. The molecule has 17 heteroatoms. The number of aromatic amines is 2. The van der Waals surface area contributed by atoms with E-state index in [1.807, 2.05) is 13.8 Å². The minimum Gasteiger partial charge on any atom is -0.492 e. The van der Waals surface area contributed by atoms with E-state index in [0.717, 1.165) is 18.7 Å². The van der Waals surface area contributed by atoms with Crippen molar-refractivity contribution in [3.63, 3.8) is 0 Å². The van der Waals surface area contributed by atoms with Gasteiger partial charge in [0.1, 0.15) is 31.3 Å². The second kappa shape index (κ2) is 17.5. The highest BCUT2D eigenvalue weighted by Gasteiger charge is 2.24. The van der Waals surface area contributed by atoms with Gasteiger partial charge in [-0.25, -0.2) is 16.8 Å². The van der Waals surface area contributed by atoms with Crippen molar-refractivity contribution in [2.45, 2.75) is 38.6 Å². The van der Waals surface area contributed by atoms with Crippen molar-refractivity contribution >= 4 is 51.6 Å². The average Bonchev–Trinajstić information content (AvgIpc) is 3.84. The molecule has 3 N–H and O–H groups in total. The summed E-state index contributed by atoms with van der Waals surface area (Å²) >= 11 is 0. The summed E-state index contributed by atoms with van der Waals surface area (Å²) in [7, 11) is -11.3. The van der Waals surface area contributed by atoms with Gasteiger partial charge in [-0.1, -0.05) is 61.0 Å². The van der Waals surface area contributed by atoms with Crippen LogP contribution in [0.2, 0.25) is 0 Å². The van der Waals surface area contributed by atoms with Crippen molar-refractivity contribution in [2.24, 2.45) is 0 Å². The van der Waals surface area contributed by atoms with Crippen LogP contribution >= 0.6 is 0 Å². The zero-order valence-corrected chi connectivity index (χ0v) is 32.8. The van der Waals surface area contributed by atoms with Gasteiger partial charge in [0, 0.05) is 17.3 Å². The Morgan fingerprint density at radius 1 is 0.571 bits per heavy atom. The van der Waals surface area contributed by atoms with Crippen LogP contribution in [0.4, 0.5) is 0 Å². The molecule has 7 rings (SSSR count). The summed E-state index contributed by atoms with van der Waals surface area (Å²) in [4.78, 5) is 0.444. The van der Waals surface area contributed by atoms with Crippen molar-refractivity contribution in [1.82, 2.24) is 25.7 Å². The smallest absolute Gasteiger partial charge is 0.297 e. The first kappa shape index (κ1) is 40.1. The molecule has 56 heavy (non-hydrogen) atoms. The Bertz CT molecular complexity index is 2740. The fourth-order valence-corrected chi connectivity index (χ4v) is 9.08. The number of aromatic nitrogens is 4. The maximum atomic E-state index is 12.9. The lowest BCUT2D eigenvalue weighted by molar-refractivity contribution is 0.221. The lowest BCUT2D eigenvalue weighted by Crippen LogP contribution is -2.20. The van der Waals surface area contributed by atoms with E-state index in [9.17, 15) is 25.3 Å². The highest BCUT2D eigenvalue weighted by Crippen LogP contribution is 2.30. The molecule has 0 spiro atoms. The van der Waals surface area contributed by atoms with Crippen molar-refractivity contribution in [2.75, 3.05) is 32.9 Å². The summed E-state index contributed by atoms with van der Waals surface area (Å²) in [5, 5.41) is 17.5. The number of nitrogens with zero attached hydrogens (tertiary/aromatic N) is 2. The number of aryl methyl sites for hydroxylation is 1. The Labute approximate surface area is 324 Å². The first-order chi connectivity index (χ1) is 26.9. The number of likely N-dealkylation sites (N-methyl/N-ethyl adjacent to an activating group) is 1. The van der Waals surface area contributed by atoms with Gasteiger partial charge in [0.15, 0.2) is 10.1 Å². The lowest BCUT2D eigenvalue weighted by atomic mass is 10.2. The fourth-order valence-electron chi connectivity index (χ4n) is 5.45. The van der Waals surface area contributed by atoms with E-state index in [0.29, 0.717) is 39.9 Å². The summed E-state index contributed by atoms with van der Waals surface area (Å²) in [5.74, 6) is 0.978. The van der Waals surface area contributed by atoms with Gasteiger partial charge in [0.25, 0.3) is 10.1 Å². The number of nitrogens with one attached hydrogen (secondary N) is 3. The van der Waals surface area contributed by atoms with E-state index in [1.165, 1.54) is 24.3 Å². The number of rotatable bonds is 15. The van der Waals surface area contributed by atoms with E-state index in [2.05, 4.69) is 25.7 Å². The number of sulfone groups is 2. The molecule has 0 saturated carbocycles. The van der Waals surface area contributed by atoms with E-state index >= 15 is 0 Å². The Hall–Kier alpha value is -5.59. The zero-order chi connectivity index (χ0) is 39.8. The Kier molecular flexibility index (Phi) is 12.5. The van der Waals surface area contributed by atoms with Crippen LogP contribution in [0.25, 0.3) is 21.8 Å². The van der Waals surface area contributed by atoms with Crippen LogP contribution < -0.4 is 14.8 Å². The SMILES string of the molecule is CCNCCOc1ccc2n[nH]c(S(=O)(=O)c3ccccc3)c2c1.Cc1ccc(S(=O)(=O)OCCOc2ccc3n[nH]c(S(=O)(=O)c4ccccc4)c3c2)cc1. The van der Waals surface area contributed by atoms with E-state index in [1.54, 1.807) is 97.1 Å². The molecule has 5 aromatic carbocycles. The van der Waals surface area contributed by atoms with Gasteiger partial charge < -0.3 is 14.8 Å². The monoisotopic (exact) mass is 817 g/mol. The predicted molar refractivity (Wildman–Crippen MR) is 210 cm³/mol. The summed E-state index contributed by atoms with van der Waals surface area (Å²) in [6.45, 7) is 5.76. The summed E-state index contributed by atoms with van der Waals surface area (Å²) in [6, 6.07) is 32.7. The number of benzene rings is 5. The average molecular weight is 818 g/mol. The van der Waals surface area contributed by atoms with Gasteiger partial charge in [0.05, 0.1) is 25.7 Å². The van der Waals surface area contributed by atoms with Gasteiger partial charge in [-0.05, 0) is 86.3 Å². The normalized spacial score (nSPS) is 12.0. The predicted octanol–water partition coefficient (Wildman–Crippen LogP) is 5.87. The summed E-state index contributed by atoms with van der Waals surface area (Å²) in [6.07, 6.45) is 0. The summed E-state index contributed by atoms with van der Waals surface area (Å²) in [5.41, 5.74) is 1.99.